The molecule has 0 radical (unpaired) electrons. The van der Waals surface area contributed by atoms with Gasteiger partial charge in [0.05, 0.1) is 11.7 Å². The summed E-state index contributed by atoms with van der Waals surface area (Å²) >= 11 is 0. The third kappa shape index (κ3) is 5.48. The van der Waals surface area contributed by atoms with E-state index < -0.39 is 6.10 Å². The van der Waals surface area contributed by atoms with E-state index in [1.165, 1.54) is 17.3 Å². The maximum absolute atomic E-state index is 12.5. The molecule has 1 saturated heterocycles. The van der Waals surface area contributed by atoms with Gasteiger partial charge in [-0.3, -0.25) is 14.6 Å². The molecule has 0 spiro atoms. The average molecular weight is 423 g/mol. The highest BCUT2D eigenvalue weighted by molar-refractivity contribution is 5.96. The molecule has 0 bridgehead atoms. The molecule has 1 aliphatic heterocycles. The number of fused-ring (bicyclic) bond motifs is 1. The number of nitrogens with zero attached hydrogens (tertiary/aromatic N) is 2. The van der Waals surface area contributed by atoms with E-state index in [4.69, 9.17) is 0 Å². The van der Waals surface area contributed by atoms with Crippen LogP contribution in [0.15, 0.2) is 42.6 Å². The first-order valence-electron chi connectivity index (χ1n) is 11.1. The lowest BCUT2D eigenvalue weighted by Crippen LogP contribution is -2.41. The molecule has 1 aliphatic carbocycles. The molecule has 3 N–H and O–H groups in total. The third-order valence-electron chi connectivity index (χ3n) is 6.08. The fourth-order valence-corrected chi connectivity index (χ4v) is 4.30. The van der Waals surface area contributed by atoms with E-state index in [-0.39, 0.29) is 18.4 Å². The van der Waals surface area contributed by atoms with Crippen LogP contribution in [-0.4, -0.2) is 65.1 Å². The first kappa shape index (κ1) is 21.5. The normalized spacial score (nSPS) is 17.3. The number of aliphatic hydroxyl groups is 1. The van der Waals surface area contributed by atoms with Gasteiger partial charge in [0.15, 0.2) is 0 Å². The van der Waals surface area contributed by atoms with Crippen LogP contribution in [0.5, 0.6) is 0 Å². The molecule has 2 aromatic rings. The number of aliphatic hydroxyl groups excluding tert-OH is 1. The Labute approximate surface area is 182 Å². The number of carbonyl (C=O) groups excluding carboxylic acids is 2. The van der Waals surface area contributed by atoms with Crippen molar-refractivity contribution in [2.75, 3.05) is 26.2 Å². The average Bonchev–Trinajstić information content (AvgIpc) is 3.24. The molecule has 164 valence electrons. The molecule has 4 rings (SSSR count). The summed E-state index contributed by atoms with van der Waals surface area (Å²) in [5, 5.41) is 16.4. The number of benzene rings is 1. The second-order valence-electron chi connectivity index (χ2n) is 8.43. The predicted octanol–water partition coefficient (Wildman–Crippen LogP) is 1.56. The van der Waals surface area contributed by atoms with Crippen molar-refractivity contribution in [2.24, 2.45) is 0 Å². The Balaban J connectivity index is 1.20. The summed E-state index contributed by atoms with van der Waals surface area (Å²) in [6.07, 6.45) is 5.88. The second-order valence-corrected chi connectivity index (χ2v) is 8.43. The van der Waals surface area contributed by atoms with Crippen LogP contribution in [-0.2, 0) is 12.8 Å². The molecule has 2 amide bonds. The lowest BCUT2D eigenvalue weighted by atomic mass is 10.1. The predicted molar refractivity (Wildman–Crippen MR) is 118 cm³/mol. The topological polar surface area (TPSA) is 94.6 Å². The molecule has 1 aromatic carbocycles. The maximum Gasteiger partial charge on any atom is 0.272 e. The van der Waals surface area contributed by atoms with Gasteiger partial charge in [0.25, 0.3) is 11.8 Å². The van der Waals surface area contributed by atoms with Crippen molar-refractivity contribution < 1.29 is 14.7 Å². The smallest absolute Gasteiger partial charge is 0.272 e. The first-order valence-corrected chi connectivity index (χ1v) is 11.1. The van der Waals surface area contributed by atoms with Crippen molar-refractivity contribution in [2.45, 2.75) is 44.2 Å². The molecule has 7 heteroatoms. The zero-order chi connectivity index (χ0) is 21.6. The number of carbonyl (C=O) groups is 2. The van der Waals surface area contributed by atoms with Gasteiger partial charge in [-0.2, -0.15) is 0 Å². The van der Waals surface area contributed by atoms with Crippen LogP contribution in [0.2, 0.25) is 0 Å². The van der Waals surface area contributed by atoms with E-state index in [0.29, 0.717) is 23.8 Å². The fraction of sp³-hybridized carbons (Fsp3) is 0.458. The minimum atomic E-state index is -0.680. The van der Waals surface area contributed by atoms with Crippen LogP contribution in [0.1, 0.15) is 51.2 Å². The highest BCUT2D eigenvalue weighted by atomic mass is 16.3. The van der Waals surface area contributed by atoms with Crippen LogP contribution in [0.4, 0.5) is 0 Å². The minimum absolute atomic E-state index is 0.0813. The van der Waals surface area contributed by atoms with Gasteiger partial charge >= 0.3 is 0 Å². The Hall–Kier alpha value is -2.77. The molecule has 0 saturated carbocycles. The maximum atomic E-state index is 12.5. The Morgan fingerprint density at radius 1 is 1.03 bits per heavy atom. The van der Waals surface area contributed by atoms with E-state index in [1.54, 1.807) is 12.1 Å². The van der Waals surface area contributed by atoms with Gasteiger partial charge in [-0.05, 0) is 55.4 Å². The fourth-order valence-electron chi connectivity index (χ4n) is 4.30. The number of likely N-dealkylation sites (tertiary alicyclic amines) is 1. The van der Waals surface area contributed by atoms with Crippen molar-refractivity contribution >= 4 is 11.8 Å². The summed E-state index contributed by atoms with van der Waals surface area (Å²) in [4.78, 5) is 30.8. The van der Waals surface area contributed by atoms with Crippen molar-refractivity contribution in [3.63, 3.8) is 0 Å². The van der Waals surface area contributed by atoms with E-state index in [2.05, 4.69) is 39.9 Å². The Bertz CT molecular complexity index is 884. The quantitative estimate of drug-likeness (QED) is 0.630. The molecule has 2 heterocycles. The molecule has 2 aliphatic rings. The molecular formula is C24H30N4O3. The summed E-state index contributed by atoms with van der Waals surface area (Å²) in [5.41, 5.74) is 3.46. The van der Waals surface area contributed by atoms with Gasteiger partial charge in [0.1, 0.15) is 5.69 Å². The summed E-state index contributed by atoms with van der Waals surface area (Å²) < 4.78 is 0. The van der Waals surface area contributed by atoms with Crippen molar-refractivity contribution in [3.8, 4) is 0 Å². The largest absolute Gasteiger partial charge is 0.390 e. The molecule has 1 aromatic heterocycles. The molecule has 1 unspecified atom stereocenters. The highest BCUT2D eigenvalue weighted by Gasteiger charge is 2.22. The summed E-state index contributed by atoms with van der Waals surface area (Å²) in [6.45, 7) is 2.10. The van der Waals surface area contributed by atoms with Crippen LogP contribution in [0, 0.1) is 0 Å². The first-order chi connectivity index (χ1) is 15.1. The number of pyridine rings is 1. The van der Waals surface area contributed by atoms with E-state index in [9.17, 15) is 14.7 Å². The van der Waals surface area contributed by atoms with Crippen molar-refractivity contribution in [1.29, 1.82) is 0 Å². The van der Waals surface area contributed by atoms with Gasteiger partial charge in [-0.25, -0.2) is 0 Å². The highest BCUT2D eigenvalue weighted by Crippen LogP contribution is 2.21. The second kappa shape index (κ2) is 10.0. The number of hydrogen-bond donors (Lipinski definition) is 3. The van der Waals surface area contributed by atoms with Gasteiger partial charge in [-0.15, -0.1) is 0 Å². The van der Waals surface area contributed by atoms with E-state index >= 15 is 0 Å². The van der Waals surface area contributed by atoms with Gasteiger partial charge < -0.3 is 20.6 Å². The number of nitrogens with one attached hydrogen (secondary N) is 2. The van der Waals surface area contributed by atoms with Crippen molar-refractivity contribution in [3.05, 3.63) is 65.0 Å². The van der Waals surface area contributed by atoms with Crippen LogP contribution in [0.25, 0.3) is 0 Å². The van der Waals surface area contributed by atoms with Gasteiger partial charge in [0.2, 0.25) is 0 Å². The Kier molecular flexibility index (Phi) is 6.94. The molecule has 1 atom stereocenters. The number of amides is 2. The summed E-state index contributed by atoms with van der Waals surface area (Å²) in [5.74, 6) is -0.390. The lowest BCUT2D eigenvalue weighted by Gasteiger charge is -2.26. The van der Waals surface area contributed by atoms with E-state index in [1.807, 2.05) is 4.90 Å². The van der Waals surface area contributed by atoms with Crippen LogP contribution >= 0.6 is 0 Å². The number of aromatic nitrogens is 1. The Morgan fingerprint density at radius 2 is 1.74 bits per heavy atom. The zero-order valence-electron chi connectivity index (χ0n) is 17.7. The number of hydrogen-bond acceptors (Lipinski definition) is 5. The SMILES string of the molecule is O=C(NCC(O)CNC1Cc2ccccc2C1)c1ccc(C(=O)N2CCCCC2)nc1. The number of piperidine rings is 1. The van der Waals surface area contributed by atoms with Gasteiger partial charge in [-0.1, -0.05) is 24.3 Å². The van der Waals surface area contributed by atoms with Crippen LogP contribution < -0.4 is 10.6 Å². The number of rotatable bonds is 7. The molecule has 31 heavy (non-hydrogen) atoms. The minimum Gasteiger partial charge on any atom is -0.390 e. The summed E-state index contributed by atoms with van der Waals surface area (Å²) in [6, 6.07) is 11.9. The van der Waals surface area contributed by atoms with Crippen molar-refractivity contribution in [1.82, 2.24) is 20.5 Å². The summed E-state index contributed by atoms with van der Waals surface area (Å²) in [7, 11) is 0. The monoisotopic (exact) mass is 422 g/mol. The van der Waals surface area contributed by atoms with E-state index in [0.717, 1.165) is 45.2 Å². The van der Waals surface area contributed by atoms with Crippen LogP contribution in [0.3, 0.4) is 0 Å². The third-order valence-corrected chi connectivity index (χ3v) is 6.08. The van der Waals surface area contributed by atoms with Gasteiger partial charge in [0, 0.05) is 38.4 Å². The Morgan fingerprint density at radius 3 is 2.39 bits per heavy atom. The zero-order valence-corrected chi connectivity index (χ0v) is 17.7. The molecular weight excluding hydrogens is 392 g/mol. The standard InChI is InChI=1S/C24H30N4O3/c29-21(15-25-20-12-17-6-2-3-7-18(17)13-20)16-27-23(30)19-8-9-22(26-14-19)24(31)28-10-4-1-5-11-28/h2-3,6-9,14,20-21,25,29H,1,4-5,10-13,15-16H2,(H,27,30). The molecule has 1 fully saturated rings. The lowest BCUT2D eigenvalue weighted by molar-refractivity contribution is 0.0717. The molecule has 7 nitrogen and oxygen atoms in total.